The van der Waals surface area contributed by atoms with E-state index in [1.54, 1.807) is 12.4 Å². The second-order valence-electron chi connectivity index (χ2n) is 4.44. The minimum Gasteiger partial charge on any atom is -0.384 e. The summed E-state index contributed by atoms with van der Waals surface area (Å²) in [6.45, 7) is 4.31. The molecule has 2 aromatic rings. The fourth-order valence-electron chi connectivity index (χ4n) is 1.67. The zero-order valence-corrected chi connectivity index (χ0v) is 10.1. The second kappa shape index (κ2) is 4.91. The Morgan fingerprint density at radius 1 is 1.18 bits per heavy atom. The number of aromatic nitrogens is 3. The smallest absolute Gasteiger partial charge is 0.161 e. The average Bonchev–Trinajstić information content (AvgIpc) is 2.28. The first-order valence-electron chi connectivity index (χ1n) is 5.69. The molecule has 4 heteroatoms. The molecule has 88 valence electrons. The van der Waals surface area contributed by atoms with Gasteiger partial charge < -0.3 is 5.73 Å². The van der Waals surface area contributed by atoms with Crippen molar-refractivity contribution in [3.63, 3.8) is 0 Å². The molecule has 2 aromatic heterocycles. The van der Waals surface area contributed by atoms with Crippen LogP contribution in [-0.2, 0) is 6.42 Å². The highest BCUT2D eigenvalue weighted by atomic mass is 14.9. The van der Waals surface area contributed by atoms with Crippen LogP contribution in [0.15, 0.2) is 30.6 Å². The van der Waals surface area contributed by atoms with E-state index in [0.717, 1.165) is 17.7 Å². The summed E-state index contributed by atoms with van der Waals surface area (Å²) in [7, 11) is 0. The Kier molecular flexibility index (Phi) is 3.32. The number of nitrogen functional groups attached to an aromatic ring is 1. The first kappa shape index (κ1) is 11.5. The van der Waals surface area contributed by atoms with Crippen molar-refractivity contribution in [2.24, 2.45) is 5.92 Å². The van der Waals surface area contributed by atoms with Crippen molar-refractivity contribution >= 4 is 5.82 Å². The van der Waals surface area contributed by atoms with Gasteiger partial charge in [0.15, 0.2) is 5.82 Å². The first-order valence-corrected chi connectivity index (χ1v) is 5.69. The largest absolute Gasteiger partial charge is 0.384 e. The van der Waals surface area contributed by atoms with Gasteiger partial charge in [-0.25, -0.2) is 9.97 Å². The zero-order chi connectivity index (χ0) is 12.3. The number of nitrogens with zero attached hydrogens (tertiary/aromatic N) is 3. The monoisotopic (exact) mass is 228 g/mol. The fraction of sp³-hybridized carbons (Fsp3) is 0.308. The third-order valence-electron chi connectivity index (χ3n) is 2.35. The molecule has 2 N–H and O–H groups in total. The van der Waals surface area contributed by atoms with Crippen molar-refractivity contribution in [1.82, 2.24) is 15.0 Å². The number of nitrogens with two attached hydrogens (primary N) is 1. The lowest BCUT2D eigenvalue weighted by Gasteiger charge is -2.07. The maximum atomic E-state index is 5.81. The van der Waals surface area contributed by atoms with Crippen LogP contribution in [0.3, 0.4) is 0 Å². The predicted molar refractivity (Wildman–Crippen MR) is 68.2 cm³/mol. The summed E-state index contributed by atoms with van der Waals surface area (Å²) < 4.78 is 0. The van der Waals surface area contributed by atoms with Crippen LogP contribution in [-0.4, -0.2) is 15.0 Å². The molecule has 0 radical (unpaired) electrons. The van der Waals surface area contributed by atoms with Gasteiger partial charge in [0, 0.05) is 29.7 Å². The lowest BCUT2D eigenvalue weighted by molar-refractivity contribution is 0.635. The van der Waals surface area contributed by atoms with Gasteiger partial charge in [-0.3, -0.25) is 4.98 Å². The summed E-state index contributed by atoms with van der Waals surface area (Å²) in [5.74, 6) is 1.74. The average molecular weight is 228 g/mol. The Balaban J connectivity index is 2.38. The van der Waals surface area contributed by atoms with E-state index in [9.17, 15) is 0 Å². The van der Waals surface area contributed by atoms with Crippen molar-refractivity contribution < 1.29 is 0 Å². The number of pyridine rings is 1. The molecule has 0 aliphatic heterocycles. The maximum absolute atomic E-state index is 5.81. The molecule has 0 aromatic carbocycles. The van der Waals surface area contributed by atoms with Crippen molar-refractivity contribution in [2.75, 3.05) is 5.73 Å². The van der Waals surface area contributed by atoms with E-state index < -0.39 is 0 Å². The highest BCUT2D eigenvalue weighted by Crippen LogP contribution is 2.17. The lowest BCUT2D eigenvalue weighted by atomic mass is 10.1. The van der Waals surface area contributed by atoms with Crippen molar-refractivity contribution in [3.05, 3.63) is 36.3 Å². The van der Waals surface area contributed by atoms with Crippen LogP contribution < -0.4 is 5.73 Å². The van der Waals surface area contributed by atoms with E-state index in [1.165, 1.54) is 0 Å². The van der Waals surface area contributed by atoms with Gasteiger partial charge in [-0.2, -0.15) is 0 Å². The van der Waals surface area contributed by atoms with Crippen LogP contribution in [0.5, 0.6) is 0 Å². The molecule has 0 aliphatic carbocycles. The molecule has 0 saturated carbocycles. The summed E-state index contributed by atoms with van der Waals surface area (Å²) >= 11 is 0. The molecule has 0 saturated heterocycles. The van der Waals surface area contributed by atoms with Crippen molar-refractivity contribution in [1.29, 1.82) is 0 Å². The predicted octanol–water partition coefficient (Wildman–Crippen LogP) is 2.32. The molecule has 17 heavy (non-hydrogen) atoms. The Morgan fingerprint density at radius 2 is 1.88 bits per heavy atom. The van der Waals surface area contributed by atoms with Crippen LogP contribution in [0.1, 0.15) is 19.5 Å². The zero-order valence-electron chi connectivity index (χ0n) is 10.1. The Hall–Kier alpha value is -1.97. The quantitative estimate of drug-likeness (QED) is 0.875. The van der Waals surface area contributed by atoms with Gasteiger partial charge >= 0.3 is 0 Å². The summed E-state index contributed by atoms with van der Waals surface area (Å²) in [6, 6.07) is 5.60. The molecule has 0 unspecified atom stereocenters. The van der Waals surface area contributed by atoms with E-state index in [1.807, 2.05) is 18.2 Å². The summed E-state index contributed by atoms with van der Waals surface area (Å²) in [6.07, 6.45) is 4.36. The van der Waals surface area contributed by atoms with E-state index >= 15 is 0 Å². The molecular weight excluding hydrogens is 212 g/mol. The van der Waals surface area contributed by atoms with Gasteiger partial charge in [0.2, 0.25) is 0 Å². The van der Waals surface area contributed by atoms with Gasteiger partial charge in [0.25, 0.3) is 0 Å². The van der Waals surface area contributed by atoms with Gasteiger partial charge in [-0.1, -0.05) is 13.8 Å². The fourth-order valence-corrected chi connectivity index (χ4v) is 1.67. The lowest BCUT2D eigenvalue weighted by Crippen LogP contribution is -2.03. The topological polar surface area (TPSA) is 64.7 Å². The van der Waals surface area contributed by atoms with Gasteiger partial charge in [-0.05, 0) is 24.5 Å². The maximum Gasteiger partial charge on any atom is 0.161 e. The molecule has 0 aliphatic rings. The minimum atomic E-state index is 0.516. The van der Waals surface area contributed by atoms with Gasteiger partial charge in [-0.15, -0.1) is 0 Å². The number of hydrogen-bond donors (Lipinski definition) is 1. The summed E-state index contributed by atoms with van der Waals surface area (Å²) in [5, 5.41) is 0. The van der Waals surface area contributed by atoms with Crippen LogP contribution in [0.4, 0.5) is 5.82 Å². The first-order chi connectivity index (χ1) is 8.15. The third kappa shape index (κ3) is 3.00. The number of rotatable bonds is 3. The molecular formula is C13H16N4. The van der Waals surface area contributed by atoms with Crippen molar-refractivity contribution in [2.45, 2.75) is 20.3 Å². The molecule has 0 spiro atoms. The van der Waals surface area contributed by atoms with Crippen molar-refractivity contribution in [3.8, 4) is 11.4 Å². The molecule has 2 heterocycles. The molecule has 0 fully saturated rings. The van der Waals surface area contributed by atoms with Gasteiger partial charge in [0.05, 0.1) is 0 Å². The van der Waals surface area contributed by atoms with Crippen LogP contribution in [0.2, 0.25) is 0 Å². The van der Waals surface area contributed by atoms with Crippen LogP contribution >= 0.6 is 0 Å². The molecule has 4 nitrogen and oxygen atoms in total. The summed E-state index contributed by atoms with van der Waals surface area (Å²) in [5.41, 5.74) is 7.73. The molecule has 0 atom stereocenters. The Labute approximate surface area is 101 Å². The normalized spacial score (nSPS) is 10.8. The van der Waals surface area contributed by atoms with E-state index in [2.05, 4.69) is 28.8 Å². The van der Waals surface area contributed by atoms with Crippen LogP contribution in [0, 0.1) is 5.92 Å². The summed E-state index contributed by atoms with van der Waals surface area (Å²) in [4.78, 5) is 12.8. The highest BCUT2D eigenvalue weighted by Gasteiger charge is 2.06. The SMILES string of the molecule is CC(C)Cc1cc(N)nc(-c2ccncc2)n1. The highest BCUT2D eigenvalue weighted by molar-refractivity contribution is 5.55. The van der Waals surface area contributed by atoms with Crippen LogP contribution in [0.25, 0.3) is 11.4 Å². The van der Waals surface area contributed by atoms with E-state index in [4.69, 9.17) is 5.73 Å². The Bertz CT molecular complexity index is 494. The Morgan fingerprint density at radius 3 is 2.53 bits per heavy atom. The second-order valence-corrected chi connectivity index (χ2v) is 4.44. The minimum absolute atomic E-state index is 0.516. The van der Waals surface area contributed by atoms with E-state index in [-0.39, 0.29) is 0 Å². The molecule has 2 rings (SSSR count). The number of hydrogen-bond acceptors (Lipinski definition) is 4. The van der Waals surface area contributed by atoms with E-state index in [0.29, 0.717) is 17.6 Å². The molecule has 0 amide bonds. The standard InChI is InChI=1S/C13H16N4/c1-9(2)7-11-8-12(14)17-13(16-11)10-3-5-15-6-4-10/h3-6,8-9H,7H2,1-2H3,(H2,14,16,17). The number of anilines is 1. The molecule has 0 bridgehead atoms. The van der Waals surface area contributed by atoms with Gasteiger partial charge in [0.1, 0.15) is 5.82 Å². The third-order valence-corrected chi connectivity index (χ3v) is 2.35.